The van der Waals surface area contributed by atoms with Crippen LogP contribution in [-0.4, -0.2) is 110 Å². The lowest BCUT2D eigenvalue weighted by Gasteiger charge is -2.56. The Morgan fingerprint density at radius 3 is 1.29 bits per heavy atom. The van der Waals surface area contributed by atoms with E-state index < -0.39 is 0 Å². The first kappa shape index (κ1) is 22.5. The summed E-state index contributed by atoms with van der Waals surface area (Å²) in [5, 5.41) is 0. The Morgan fingerprint density at radius 2 is 0.964 bits per heavy atom. The summed E-state index contributed by atoms with van der Waals surface area (Å²) in [5.74, 6) is 1.84. The Morgan fingerprint density at radius 1 is 0.607 bits per heavy atom. The second kappa shape index (κ2) is 9.32. The highest BCUT2D eigenvalue weighted by atomic mass is 15.4. The third kappa shape index (κ3) is 4.77. The van der Waals surface area contributed by atoms with E-state index in [9.17, 15) is 0 Å². The maximum atomic E-state index is 2.95. The average Bonchev–Trinajstić information content (AvgIpc) is 2.73. The molecule has 4 nitrogen and oxygen atoms in total. The van der Waals surface area contributed by atoms with Gasteiger partial charge in [0.2, 0.25) is 0 Å². The van der Waals surface area contributed by atoms with Crippen LogP contribution in [-0.2, 0) is 0 Å². The van der Waals surface area contributed by atoms with Crippen molar-refractivity contribution in [3.05, 3.63) is 0 Å². The van der Waals surface area contributed by atoms with Crippen LogP contribution in [0.1, 0.15) is 53.4 Å². The minimum atomic E-state index is 0.861. The van der Waals surface area contributed by atoms with E-state index in [2.05, 4.69) is 51.6 Å². The number of piperidine rings is 2. The zero-order chi connectivity index (χ0) is 20.4. The third-order valence-corrected chi connectivity index (χ3v) is 9.54. The first-order chi connectivity index (χ1) is 13.4. The fourth-order valence-corrected chi connectivity index (χ4v) is 6.22. The molecule has 4 bridgehead atoms. The maximum absolute atomic E-state index is 2.95. The van der Waals surface area contributed by atoms with Crippen LogP contribution in [0.3, 0.4) is 0 Å². The molecule has 4 atom stereocenters. The Hall–Kier alpha value is -0.160. The predicted octanol–water partition coefficient (Wildman–Crippen LogP) is 3.13. The first-order valence-corrected chi connectivity index (χ1v) is 12.5. The van der Waals surface area contributed by atoms with E-state index in [1.165, 1.54) is 100 Å². The lowest BCUT2D eigenvalue weighted by molar-refractivity contribution is -0.905. The summed E-state index contributed by atoms with van der Waals surface area (Å²) in [6, 6.07) is 1.72. The van der Waals surface area contributed by atoms with Gasteiger partial charge in [-0.25, -0.2) is 0 Å². The van der Waals surface area contributed by atoms with Gasteiger partial charge in [0, 0.05) is 38.3 Å². The molecule has 5 heterocycles. The first-order valence-electron chi connectivity index (χ1n) is 12.5. The van der Waals surface area contributed by atoms with Gasteiger partial charge in [-0.2, -0.15) is 0 Å². The second-order valence-corrected chi connectivity index (χ2v) is 10.8. The zero-order valence-electron chi connectivity index (χ0n) is 20.0. The van der Waals surface area contributed by atoms with Crippen LogP contribution >= 0.6 is 0 Å². The predicted molar refractivity (Wildman–Crippen MR) is 120 cm³/mol. The molecule has 0 aromatic rings. The largest absolute Gasteiger partial charge is 0.325 e. The van der Waals surface area contributed by atoms with Crippen LogP contribution in [0.2, 0.25) is 0 Å². The van der Waals surface area contributed by atoms with Crippen LogP contribution in [0.5, 0.6) is 0 Å². The molecule has 6 aliphatic rings. The number of nitrogens with zero attached hydrogens (tertiary/aromatic N) is 4. The summed E-state index contributed by atoms with van der Waals surface area (Å²) in [6.45, 7) is 22.6. The second-order valence-electron chi connectivity index (χ2n) is 10.8. The molecule has 164 valence electrons. The van der Waals surface area contributed by atoms with Gasteiger partial charge >= 0.3 is 0 Å². The molecular formula is C24H50N4+2. The van der Waals surface area contributed by atoms with Crippen LogP contribution in [0, 0.1) is 11.8 Å². The summed E-state index contributed by atoms with van der Waals surface area (Å²) in [7, 11) is 4.90. The van der Waals surface area contributed by atoms with Crippen molar-refractivity contribution in [2.24, 2.45) is 11.8 Å². The molecule has 6 fully saturated rings. The molecule has 0 radical (unpaired) electrons. The number of quaternary nitrogens is 2. The van der Waals surface area contributed by atoms with E-state index >= 15 is 0 Å². The van der Waals surface area contributed by atoms with Crippen LogP contribution < -0.4 is 0 Å². The fourth-order valence-electron chi connectivity index (χ4n) is 6.22. The Balaban J connectivity index is 1.64. The normalized spacial score (nSPS) is 31.9. The molecule has 5 saturated heterocycles. The van der Waals surface area contributed by atoms with Crippen molar-refractivity contribution in [1.82, 2.24) is 9.80 Å². The smallest absolute Gasteiger partial charge is 0.0913 e. The Labute approximate surface area is 176 Å². The van der Waals surface area contributed by atoms with Crippen molar-refractivity contribution in [1.29, 1.82) is 0 Å². The number of rotatable bonds is 10. The van der Waals surface area contributed by atoms with Gasteiger partial charge in [0.25, 0.3) is 0 Å². The van der Waals surface area contributed by atoms with E-state index in [0.717, 1.165) is 23.9 Å². The van der Waals surface area contributed by atoms with Gasteiger partial charge in [-0.1, -0.05) is 0 Å². The van der Waals surface area contributed by atoms with E-state index in [1.54, 1.807) is 0 Å². The van der Waals surface area contributed by atoms with Gasteiger partial charge in [0.1, 0.15) is 0 Å². The highest BCUT2D eigenvalue weighted by Gasteiger charge is 2.46. The molecule has 0 aromatic carbocycles. The van der Waals surface area contributed by atoms with Gasteiger partial charge < -0.3 is 8.97 Å². The van der Waals surface area contributed by atoms with Crippen molar-refractivity contribution in [3.8, 4) is 0 Å². The lowest BCUT2D eigenvalue weighted by atomic mass is 9.71. The molecule has 0 amide bonds. The van der Waals surface area contributed by atoms with E-state index in [0.29, 0.717) is 0 Å². The van der Waals surface area contributed by atoms with Crippen LogP contribution in [0.25, 0.3) is 0 Å². The highest BCUT2D eigenvalue weighted by molar-refractivity contribution is 5.00. The summed E-state index contributed by atoms with van der Waals surface area (Å²) >= 11 is 0. The molecule has 28 heavy (non-hydrogen) atoms. The maximum Gasteiger partial charge on any atom is 0.0913 e. The summed E-state index contributed by atoms with van der Waals surface area (Å²) < 4.78 is 2.47. The van der Waals surface area contributed by atoms with Crippen LogP contribution in [0.4, 0.5) is 0 Å². The molecular weight excluding hydrogens is 344 g/mol. The number of hydrogen-bond acceptors (Lipinski definition) is 2. The SMILES string of the molecule is CC[N+](C)(CC)CCN1CC2CCC1C1CCC2N(CC[N+](C)(CC)CC)C1. The Kier molecular flexibility index (Phi) is 7.50. The summed E-state index contributed by atoms with van der Waals surface area (Å²) in [5.41, 5.74) is 0. The highest BCUT2D eigenvalue weighted by Crippen LogP contribution is 2.41. The quantitative estimate of drug-likeness (QED) is 0.525. The molecule has 1 aliphatic carbocycles. The molecule has 0 aromatic heterocycles. The molecule has 0 spiro atoms. The standard InChI is InChI=1S/C24H50N4/c1-7-27(5,8-2)17-15-25-19-21-11-13-23(25)22-12-14-24(21)26(20-22)16-18-28(6,9-3)10-4/h21-24H,7-20H2,1-6H3/q+2. The van der Waals surface area contributed by atoms with Crippen molar-refractivity contribution in [3.63, 3.8) is 0 Å². The monoisotopic (exact) mass is 394 g/mol. The van der Waals surface area contributed by atoms with Crippen molar-refractivity contribution < 1.29 is 8.97 Å². The molecule has 4 heteroatoms. The minimum absolute atomic E-state index is 0.861. The summed E-state index contributed by atoms with van der Waals surface area (Å²) in [4.78, 5) is 5.89. The van der Waals surface area contributed by atoms with Gasteiger partial charge in [-0.15, -0.1) is 0 Å². The number of hydrogen-bond donors (Lipinski definition) is 0. The van der Waals surface area contributed by atoms with E-state index in [-0.39, 0.29) is 0 Å². The molecule has 1 saturated carbocycles. The van der Waals surface area contributed by atoms with Crippen LogP contribution in [0.15, 0.2) is 0 Å². The number of likely N-dealkylation sites (N-methyl/N-ethyl adjacent to an activating group) is 2. The van der Waals surface area contributed by atoms with E-state index in [4.69, 9.17) is 0 Å². The van der Waals surface area contributed by atoms with Crippen molar-refractivity contribution in [2.45, 2.75) is 65.5 Å². The minimum Gasteiger partial charge on any atom is -0.325 e. The van der Waals surface area contributed by atoms with Gasteiger partial charge in [0.05, 0.1) is 53.4 Å². The third-order valence-electron chi connectivity index (χ3n) is 9.54. The van der Waals surface area contributed by atoms with Gasteiger partial charge in [-0.3, -0.25) is 9.80 Å². The molecule has 6 rings (SSSR count). The fraction of sp³-hybridized carbons (Fsp3) is 1.00. The molecule has 4 unspecified atom stereocenters. The van der Waals surface area contributed by atoms with Crippen molar-refractivity contribution in [2.75, 3.05) is 79.5 Å². The van der Waals surface area contributed by atoms with Crippen molar-refractivity contribution >= 4 is 0 Å². The zero-order valence-corrected chi connectivity index (χ0v) is 20.0. The van der Waals surface area contributed by atoms with E-state index in [1.807, 2.05) is 0 Å². The molecule has 5 aliphatic heterocycles. The van der Waals surface area contributed by atoms with Gasteiger partial charge in [0.15, 0.2) is 0 Å². The topological polar surface area (TPSA) is 6.48 Å². The Bertz CT molecular complexity index is 441. The lowest BCUT2D eigenvalue weighted by Crippen LogP contribution is -2.64. The average molecular weight is 395 g/mol. The van der Waals surface area contributed by atoms with Gasteiger partial charge in [-0.05, 0) is 65.2 Å². The summed E-state index contributed by atoms with van der Waals surface area (Å²) in [6.07, 6.45) is 5.92. The molecule has 0 N–H and O–H groups in total.